The Labute approximate surface area is 142 Å². The Hall–Kier alpha value is -3.55. The first-order chi connectivity index (χ1) is 12.0. The van der Waals surface area contributed by atoms with Crippen LogP contribution in [-0.4, -0.2) is 31.5 Å². The quantitative estimate of drug-likeness (QED) is 0.692. The number of pyridine rings is 1. The number of hydrogen-bond donors (Lipinski definition) is 2. The molecule has 0 saturated carbocycles. The molecule has 0 bridgehead atoms. The summed E-state index contributed by atoms with van der Waals surface area (Å²) in [5.41, 5.74) is 1.97. The maximum absolute atomic E-state index is 11.2. The standard InChI is InChI=1S/C17H14N4O4/c1-10-6-7-21-14(8-10)18-13(9-15(22)23)16(21)20-19-12-5-3-2-4-11(12)17(24)25/h2-8H,9H2,1H3,(H,22,23)(H,24,25). The molecule has 0 unspecified atom stereocenters. The number of nitrogens with zero attached hydrogens (tertiary/aromatic N) is 4. The van der Waals surface area contributed by atoms with E-state index in [-0.39, 0.29) is 29.2 Å². The smallest absolute Gasteiger partial charge is 0.337 e. The van der Waals surface area contributed by atoms with Crippen LogP contribution in [0.15, 0.2) is 52.8 Å². The molecule has 2 heterocycles. The van der Waals surface area contributed by atoms with Gasteiger partial charge in [-0.3, -0.25) is 9.20 Å². The van der Waals surface area contributed by atoms with E-state index in [9.17, 15) is 14.7 Å². The molecule has 0 radical (unpaired) electrons. The van der Waals surface area contributed by atoms with Gasteiger partial charge in [0.25, 0.3) is 0 Å². The van der Waals surface area contributed by atoms with Crippen LogP contribution in [0.2, 0.25) is 0 Å². The molecule has 8 nitrogen and oxygen atoms in total. The number of rotatable bonds is 5. The number of carbonyl (C=O) groups is 2. The number of aromatic nitrogens is 2. The summed E-state index contributed by atoms with van der Waals surface area (Å²) < 4.78 is 1.62. The zero-order valence-corrected chi connectivity index (χ0v) is 13.2. The molecule has 25 heavy (non-hydrogen) atoms. The molecule has 2 aromatic heterocycles. The van der Waals surface area contributed by atoms with Crippen LogP contribution in [0.5, 0.6) is 0 Å². The Morgan fingerprint density at radius 3 is 2.64 bits per heavy atom. The van der Waals surface area contributed by atoms with Crippen LogP contribution in [0.1, 0.15) is 21.6 Å². The highest BCUT2D eigenvalue weighted by atomic mass is 16.4. The molecular formula is C17H14N4O4. The number of carboxylic acids is 2. The van der Waals surface area contributed by atoms with Crippen LogP contribution in [0.25, 0.3) is 5.65 Å². The second-order valence-electron chi connectivity index (χ2n) is 5.41. The molecule has 0 amide bonds. The van der Waals surface area contributed by atoms with Crippen molar-refractivity contribution in [3.8, 4) is 0 Å². The summed E-state index contributed by atoms with van der Waals surface area (Å²) >= 11 is 0. The lowest BCUT2D eigenvalue weighted by molar-refractivity contribution is -0.136. The fourth-order valence-electron chi connectivity index (χ4n) is 2.39. The van der Waals surface area contributed by atoms with Crippen LogP contribution in [0, 0.1) is 6.92 Å². The topological polar surface area (TPSA) is 117 Å². The van der Waals surface area contributed by atoms with E-state index in [2.05, 4.69) is 15.2 Å². The van der Waals surface area contributed by atoms with E-state index in [0.29, 0.717) is 5.65 Å². The summed E-state index contributed by atoms with van der Waals surface area (Å²) in [6.07, 6.45) is 1.41. The summed E-state index contributed by atoms with van der Waals surface area (Å²) in [6.45, 7) is 1.90. The Balaban J connectivity index is 2.11. The Bertz CT molecular complexity index is 1010. The van der Waals surface area contributed by atoms with Gasteiger partial charge in [-0.15, -0.1) is 10.2 Å². The van der Waals surface area contributed by atoms with Crippen molar-refractivity contribution in [3.05, 3.63) is 59.4 Å². The summed E-state index contributed by atoms with van der Waals surface area (Å²) in [4.78, 5) is 26.6. The molecule has 0 saturated heterocycles. The fourth-order valence-corrected chi connectivity index (χ4v) is 2.39. The lowest BCUT2D eigenvalue weighted by Crippen LogP contribution is -2.00. The van der Waals surface area contributed by atoms with Gasteiger partial charge in [0.1, 0.15) is 11.3 Å². The zero-order chi connectivity index (χ0) is 18.0. The Kier molecular flexibility index (Phi) is 4.25. The maximum Gasteiger partial charge on any atom is 0.337 e. The molecule has 1 aromatic carbocycles. The minimum atomic E-state index is -1.12. The number of benzene rings is 1. The number of hydrogen-bond acceptors (Lipinski definition) is 5. The van der Waals surface area contributed by atoms with Crippen LogP contribution < -0.4 is 0 Å². The predicted molar refractivity (Wildman–Crippen MR) is 88.8 cm³/mol. The van der Waals surface area contributed by atoms with Gasteiger partial charge in [0.05, 0.1) is 17.7 Å². The number of azo groups is 1. The first-order valence-electron chi connectivity index (χ1n) is 7.39. The average molecular weight is 338 g/mol. The number of aryl methyl sites for hydroxylation is 1. The minimum Gasteiger partial charge on any atom is -0.481 e. The van der Waals surface area contributed by atoms with Gasteiger partial charge in [0, 0.05) is 6.20 Å². The van der Waals surface area contributed by atoms with Gasteiger partial charge < -0.3 is 10.2 Å². The van der Waals surface area contributed by atoms with E-state index >= 15 is 0 Å². The van der Waals surface area contributed by atoms with Crippen molar-refractivity contribution in [2.45, 2.75) is 13.3 Å². The number of imidazole rings is 1. The highest BCUT2D eigenvalue weighted by molar-refractivity contribution is 5.93. The van der Waals surface area contributed by atoms with E-state index in [1.165, 1.54) is 12.1 Å². The molecule has 0 fully saturated rings. The predicted octanol–water partition coefficient (Wildman–Crippen LogP) is 3.38. The molecule has 2 N–H and O–H groups in total. The molecular weight excluding hydrogens is 324 g/mol. The average Bonchev–Trinajstić information content (AvgIpc) is 2.88. The largest absolute Gasteiger partial charge is 0.481 e. The fraction of sp³-hybridized carbons (Fsp3) is 0.118. The normalized spacial score (nSPS) is 11.2. The van der Waals surface area contributed by atoms with Crippen molar-refractivity contribution >= 4 is 29.1 Å². The van der Waals surface area contributed by atoms with Crippen LogP contribution >= 0.6 is 0 Å². The van der Waals surface area contributed by atoms with E-state index in [1.54, 1.807) is 28.8 Å². The van der Waals surface area contributed by atoms with E-state index in [0.717, 1.165) is 5.56 Å². The zero-order valence-electron chi connectivity index (χ0n) is 13.2. The van der Waals surface area contributed by atoms with Crippen molar-refractivity contribution in [1.82, 2.24) is 9.38 Å². The van der Waals surface area contributed by atoms with E-state index in [4.69, 9.17) is 5.11 Å². The molecule has 3 aromatic rings. The third-order valence-corrected chi connectivity index (χ3v) is 3.53. The third-order valence-electron chi connectivity index (χ3n) is 3.53. The second-order valence-corrected chi connectivity index (χ2v) is 5.41. The number of fused-ring (bicyclic) bond motifs is 1. The summed E-state index contributed by atoms with van der Waals surface area (Å²) in [6, 6.07) is 9.83. The molecule has 3 rings (SSSR count). The number of aromatic carboxylic acids is 1. The second kappa shape index (κ2) is 6.52. The van der Waals surface area contributed by atoms with Crippen molar-refractivity contribution in [2.75, 3.05) is 0 Å². The summed E-state index contributed by atoms with van der Waals surface area (Å²) in [5.74, 6) is -1.89. The van der Waals surface area contributed by atoms with Crippen molar-refractivity contribution in [2.24, 2.45) is 10.2 Å². The van der Waals surface area contributed by atoms with Gasteiger partial charge in [0.15, 0.2) is 5.82 Å². The van der Waals surface area contributed by atoms with Crippen molar-refractivity contribution in [3.63, 3.8) is 0 Å². The first-order valence-corrected chi connectivity index (χ1v) is 7.39. The highest BCUT2D eigenvalue weighted by Gasteiger charge is 2.16. The van der Waals surface area contributed by atoms with Crippen LogP contribution in [-0.2, 0) is 11.2 Å². The van der Waals surface area contributed by atoms with Crippen molar-refractivity contribution < 1.29 is 19.8 Å². The highest BCUT2D eigenvalue weighted by Crippen LogP contribution is 2.26. The van der Waals surface area contributed by atoms with Crippen LogP contribution in [0.4, 0.5) is 11.5 Å². The monoisotopic (exact) mass is 338 g/mol. The van der Waals surface area contributed by atoms with Crippen molar-refractivity contribution in [1.29, 1.82) is 0 Å². The lowest BCUT2D eigenvalue weighted by Gasteiger charge is -2.00. The van der Waals surface area contributed by atoms with Gasteiger partial charge in [0.2, 0.25) is 0 Å². The molecule has 126 valence electrons. The maximum atomic E-state index is 11.2. The van der Waals surface area contributed by atoms with Gasteiger partial charge in [-0.2, -0.15) is 0 Å². The van der Waals surface area contributed by atoms with Gasteiger partial charge >= 0.3 is 11.9 Å². The summed E-state index contributed by atoms with van der Waals surface area (Å²) in [7, 11) is 0. The molecule has 8 heteroatoms. The minimum absolute atomic E-state index is 0.00991. The SMILES string of the molecule is Cc1ccn2c(N=Nc3ccccc3C(=O)O)c(CC(=O)O)nc2c1. The molecule has 0 atom stereocenters. The van der Waals surface area contributed by atoms with Gasteiger partial charge in [-0.1, -0.05) is 12.1 Å². The third kappa shape index (κ3) is 3.37. The number of aliphatic carboxylic acids is 1. The van der Waals surface area contributed by atoms with E-state index in [1.807, 2.05) is 13.0 Å². The molecule has 0 spiro atoms. The molecule has 0 aliphatic heterocycles. The Morgan fingerprint density at radius 2 is 1.92 bits per heavy atom. The first kappa shape index (κ1) is 16.3. The van der Waals surface area contributed by atoms with Gasteiger partial charge in [-0.25, -0.2) is 9.78 Å². The molecule has 0 aliphatic rings. The summed E-state index contributed by atoms with van der Waals surface area (Å²) in [5, 5.41) is 26.4. The lowest BCUT2D eigenvalue weighted by atomic mass is 10.2. The Morgan fingerprint density at radius 1 is 1.16 bits per heavy atom. The van der Waals surface area contributed by atoms with E-state index < -0.39 is 11.9 Å². The van der Waals surface area contributed by atoms with Crippen LogP contribution in [0.3, 0.4) is 0 Å². The number of carboxylic acid groups (broad SMARTS) is 2. The van der Waals surface area contributed by atoms with Gasteiger partial charge in [-0.05, 0) is 36.8 Å². The molecule has 0 aliphatic carbocycles.